The van der Waals surface area contributed by atoms with Gasteiger partial charge in [0.05, 0.1) is 0 Å². The summed E-state index contributed by atoms with van der Waals surface area (Å²) in [7, 11) is 2.17. The van der Waals surface area contributed by atoms with Gasteiger partial charge in [-0.25, -0.2) is 0 Å². The molecule has 0 radical (unpaired) electrons. The Labute approximate surface area is 111 Å². The zero-order valence-corrected chi connectivity index (χ0v) is 11.8. The minimum atomic E-state index is 0.118. The fourth-order valence-electron chi connectivity index (χ4n) is 2.30. The number of nitrogens with two attached hydrogens (primary N) is 1. The van der Waals surface area contributed by atoms with Gasteiger partial charge in [-0.3, -0.25) is 0 Å². The van der Waals surface area contributed by atoms with Crippen molar-refractivity contribution in [3.05, 3.63) is 34.3 Å². The second-order valence-electron chi connectivity index (χ2n) is 4.81. The highest BCUT2D eigenvalue weighted by Crippen LogP contribution is 2.19. The van der Waals surface area contributed by atoms with Gasteiger partial charge in [-0.05, 0) is 31.2 Å². The van der Waals surface area contributed by atoms with Crippen molar-refractivity contribution < 1.29 is 0 Å². The van der Waals surface area contributed by atoms with E-state index in [1.165, 1.54) is 5.56 Å². The molecule has 2 unspecified atom stereocenters. The molecule has 0 bridgehead atoms. The molecule has 3 nitrogen and oxygen atoms in total. The number of piperazine rings is 1. The summed E-state index contributed by atoms with van der Waals surface area (Å²) in [5.74, 6) is 0. The standard InChI is InChI=1S/C13H20BrN3/c1-17-7-6-16-12(9-17)8-13(15)10-2-4-11(14)5-3-10/h2-5,12-13,16H,6-9,15H2,1H3. The third kappa shape index (κ3) is 3.78. The Kier molecular flexibility index (Phi) is 4.56. The van der Waals surface area contributed by atoms with Gasteiger partial charge in [0.15, 0.2) is 0 Å². The van der Waals surface area contributed by atoms with E-state index in [1.54, 1.807) is 0 Å². The summed E-state index contributed by atoms with van der Waals surface area (Å²) in [6, 6.07) is 8.92. The number of nitrogens with one attached hydrogen (secondary N) is 1. The third-order valence-corrected chi connectivity index (χ3v) is 3.82. The molecule has 94 valence electrons. The van der Waals surface area contributed by atoms with Crippen LogP contribution in [0.3, 0.4) is 0 Å². The van der Waals surface area contributed by atoms with E-state index in [9.17, 15) is 0 Å². The van der Waals surface area contributed by atoms with Crippen molar-refractivity contribution >= 4 is 15.9 Å². The van der Waals surface area contributed by atoms with Gasteiger partial charge in [-0.15, -0.1) is 0 Å². The minimum Gasteiger partial charge on any atom is -0.324 e. The molecule has 1 aromatic rings. The quantitative estimate of drug-likeness (QED) is 0.893. The molecule has 4 heteroatoms. The van der Waals surface area contributed by atoms with E-state index >= 15 is 0 Å². The van der Waals surface area contributed by atoms with E-state index in [1.807, 2.05) is 0 Å². The van der Waals surface area contributed by atoms with Crippen LogP contribution in [-0.2, 0) is 0 Å². The summed E-state index contributed by atoms with van der Waals surface area (Å²) in [6.45, 7) is 3.28. The van der Waals surface area contributed by atoms with Crippen LogP contribution in [-0.4, -0.2) is 37.6 Å². The van der Waals surface area contributed by atoms with E-state index in [0.717, 1.165) is 30.5 Å². The highest BCUT2D eigenvalue weighted by molar-refractivity contribution is 9.10. The molecule has 1 aliphatic rings. The van der Waals surface area contributed by atoms with Gasteiger partial charge in [-0.2, -0.15) is 0 Å². The fraction of sp³-hybridized carbons (Fsp3) is 0.538. The molecule has 1 heterocycles. The average Bonchev–Trinajstić information content (AvgIpc) is 2.29. The first-order valence-corrected chi connectivity index (χ1v) is 6.87. The summed E-state index contributed by atoms with van der Waals surface area (Å²) < 4.78 is 1.10. The van der Waals surface area contributed by atoms with Crippen LogP contribution in [0.15, 0.2) is 28.7 Å². The van der Waals surface area contributed by atoms with Gasteiger partial charge in [-0.1, -0.05) is 28.1 Å². The lowest BCUT2D eigenvalue weighted by Crippen LogP contribution is -2.49. The summed E-state index contributed by atoms with van der Waals surface area (Å²) in [5.41, 5.74) is 7.46. The molecule has 0 aliphatic carbocycles. The Morgan fingerprint density at radius 2 is 2.18 bits per heavy atom. The number of benzene rings is 1. The largest absolute Gasteiger partial charge is 0.324 e. The number of hydrogen-bond donors (Lipinski definition) is 2. The lowest BCUT2D eigenvalue weighted by molar-refractivity contribution is 0.226. The first kappa shape index (κ1) is 13.0. The molecule has 0 amide bonds. The first-order chi connectivity index (χ1) is 8.15. The van der Waals surface area contributed by atoms with Crippen LogP contribution in [0.4, 0.5) is 0 Å². The monoisotopic (exact) mass is 297 g/mol. The maximum Gasteiger partial charge on any atom is 0.0310 e. The van der Waals surface area contributed by atoms with Crippen molar-refractivity contribution in [3.63, 3.8) is 0 Å². The van der Waals surface area contributed by atoms with Gasteiger partial charge in [0.2, 0.25) is 0 Å². The second kappa shape index (κ2) is 5.96. The van der Waals surface area contributed by atoms with E-state index in [0.29, 0.717) is 6.04 Å². The molecule has 0 aromatic heterocycles. The number of rotatable bonds is 3. The first-order valence-electron chi connectivity index (χ1n) is 6.08. The Morgan fingerprint density at radius 3 is 2.82 bits per heavy atom. The Bertz CT molecular complexity index is 352. The third-order valence-electron chi connectivity index (χ3n) is 3.30. The Morgan fingerprint density at radius 1 is 1.47 bits per heavy atom. The van der Waals surface area contributed by atoms with E-state index < -0.39 is 0 Å². The molecule has 3 N–H and O–H groups in total. The zero-order valence-electron chi connectivity index (χ0n) is 10.2. The fourth-order valence-corrected chi connectivity index (χ4v) is 2.57. The number of halogens is 1. The van der Waals surface area contributed by atoms with Crippen LogP contribution in [0, 0.1) is 0 Å². The number of nitrogens with zero attached hydrogens (tertiary/aromatic N) is 1. The molecule has 1 saturated heterocycles. The lowest BCUT2D eigenvalue weighted by Gasteiger charge is -2.32. The van der Waals surface area contributed by atoms with E-state index in [-0.39, 0.29) is 6.04 Å². The van der Waals surface area contributed by atoms with Crippen LogP contribution in [0.1, 0.15) is 18.0 Å². The highest BCUT2D eigenvalue weighted by Gasteiger charge is 2.19. The minimum absolute atomic E-state index is 0.118. The summed E-state index contributed by atoms with van der Waals surface area (Å²) >= 11 is 3.44. The maximum absolute atomic E-state index is 6.25. The zero-order chi connectivity index (χ0) is 12.3. The molecule has 2 rings (SSSR count). The SMILES string of the molecule is CN1CCNC(CC(N)c2ccc(Br)cc2)C1. The van der Waals surface area contributed by atoms with Gasteiger partial charge in [0, 0.05) is 36.2 Å². The molecular weight excluding hydrogens is 278 g/mol. The van der Waals surface area contributed by atoms with Gasteiger partial charge < -0.3 is 16.0 Å². The average molecular weight is 298 g/mol. The van der Waals surface area contributed by atoms with Crippen LogP contribution in [0.25, 0.3) is 0 Å². The van der Waals surface area contributed by atoms with Crippen molar-refractivity contribution in [2.24, 2.45) is 5.73 Å². The smallest absolute Gasteiger partial charge is 0.0310 e. The molecule has 0 saturated carbocycles. The van der Waals surface area contributed by atoms with Crippen LogP contribution in [0.5, 0.6) is 0 Å². The predicted molar refractivity (Wildman–Crippen MR) is 75.0 cm³/mol. The van der Waals surface area contributed by atoms with Crippen LogP contribution in [0.2, 0.25) is 0 Å². The van der Waals surface area contributed by atoms with Crippen molar-refractivity contribution in [1.29, 1.82) is 0 Å². The summed E-state index contributed by atoms with van der Waals surface area (Å²) in [6.07, 6.45) is 0.992. The molecule has 1 aromatic carbocycles. The summed E-state index contributed by atoms with van der Waals surface area (Å²) in [5, 5.41) is 3.53. The number of hydrogen-bond acceptors (Lipinski definition) is 3. The summed E-state index contributed by atoms with van der Waals surface area (Å²) in [4.78, 5) is 2.36. The molecular formula is C13H20BrN3. The highest BCUT2D eigenvalue weighted by atomic mass is 79.9. The van der Waals surface area contributed by atoms with Crippen molar-refractivity contribution in [2.45, 2.75) is 18.5 Å². The van der Waals surface area contributed by atoms with Crippen molar-refractivity contribution in [1.82, 2.24) is 10.2 Å². The molecule has 0 spiro atoms. The van der Waals surface area contributed by atoms with Gasteiger partial charge in [0.1, 0.15) is 0 Å². The molecule has 1 fully saturated rings. The van der Waals surface area contributed by atoms with E-state index in [4.69, 9.17) is 5.73 Å². The normalized spacial score (nSPS) is 23.6. The van der Waals surface area contributed by atoms with Gasteiger partial charge >= 0.3 is 0 Å². The lowest BCUT2D eigenvalue weighted by atomic mass is 9.99. The predicted octanol–water partition coefficient (Wildman–Crippen LogP) is 1.74. The van der Waals surface area contributed by atoms with Crippen LogP contribution >= 0.6 is 15.9 Å². The molecule has 2 atom stereocenters. The van der Waals surface area contributed by atoms with E-state index in [2.05, 4.69) is 57.5 Å². The van der Waals surface area contributed by atoms with Crippen molar-refractivity contribution in [3.8, 4) is 0 Å². The second-order valence-corrected chi connectivity index (χ2v) is 5.72. The Balaban J connectivity index is 1.91. The topological polar surface area (TPSA) is 41.3 Å². The molecule has 1 aliphatic heterocycles. The van der Waals surface area contributed by atoms with Crippen molar-refractivity contribution in [2.75, 3.05) is 26.7 Å². The maximum atomic E-state index is 6.25. The Hall–Kier alpha value is -0.420. The van der Waals surface area contributed by atoms with Gasteiger partial charge in [0.25, 0.3) is 0 Å². The molecule has 17 heavy (non-hydrogen) atoms. The number of likely N-dealkylation sites (N-methyl/N-ethyl adjacent to an activating group) is 1. The van der Waals surface area contributed by atoms with Crippen LogP contribution < -0.4 is 11.1 Å².